The molecule has 1 aliphatic heterocycles. The van der Waals surface area contributed by atoms with E-state index in [9.17, 15) is 0 Å². The first kappa shape index (κ1) is 15.9. The Morgan fingerprint density at radius 3 is 2.91 bits per heavy atom. The van der Waals surface area contributed by atoms with Crippen molar-refractivity contribution >= 4 is 23.3 Å². The van der Waals surface area contributed by atoms with Crippen LogP contribution in [0.5, 0.6) is 0 Å². The van der Waals surface area contributed by atoms with Gasteiger partial charge in [0.1, 0.15) is 5.69 Å². The van der Waals surface area contributed by atoms with Gasteiger partial charge in [0, 0.05) is 25.0 Å². The van der Waals surface area contributed by atoms with E-state index in [1.165, 1.54) is 0 Å². The molecule has 4 rings (SSSR count). The third-order valence-electron chi connectivity index (χ3n) is 4.07. The van der Waals surface area contributed by atoms with Crippen molar-refractivity contribution in [2.75, 3.05) is 26.7 Å². The van der Waals surface area contributed by atoms with Crippen molar-refractivity contribution in [3.8, 4) is 11.6 Å². The fraction of sp³-hybridized carbons (Fsp3) is 0.312. The van der Waals surface area contributed by atoms with Crippen LogP contribution in [0.15, 0.2) is 40.9 Å². The summed E-state index contributed by atoms with van der Waals surface area (Å²) in [6.07, 6.45) is 0. The van der Waals surface area contributed by atoms with E-state index in [0.717, 1.165) is 30.5 Å². The Labute approximate surface area is 140 Å². The molecule has 0 saturated carbocycles. The lowest BCUT2D eigenvalue weighted by atomic mass is 10.2. The average molecular weight is 332 g/mol. The molecule has 1 N–H and O–H groups in total. The first-order valence-corrected chi connectivity index (χ1v) is 7.42. The second-order valence-corrected chi connectivity index (χ2v) is 5.55. The van der Waals surface area contributed by atoms with Crippen molar-refractivity contribution in [3.05, 3.63) is 42.2 Å². The van der Waals surface area contributed by atoms with E-state index in [2.05, 4.69) is 32.4 Å². The van der Waals surface area contributed by atoms with Gasteiger partial charge in [-0.25, -0.2) is 4.98 Å². The van der Waals surface area contributed by atoms with Gasteiger partial charge in [0.25, 0.3) is 5.89 Å². The van der Waals surface area contributed by atoms with Crippen LogP contribution in [0.4, 0.5) is 0 Å². The highest BCUT2D eigenvalue weighted by Crippen LogP contribution is 2.23. The third kappa shape index (κ3) is 3.06. The average Bonchev–Trinajstić information content (AvgIpc) is 3.04. The molecule has 7 heteroatoms. The van der Waals surface area contributed by atoms with Gasteiger partial charge in [-0.15, -0.1) is 12.4 Å². The molecular formula is C16H18ClN5O. The molecule has 1 saturated heterocycles. The Morgan fingerprint density at radius 2 is 2.04 bits per heavy atom. The highest BCUT2D eigenvalue weighted by molar-refractivity contribution is 5.85. The number of rotatable bonds is 2. The van der Waals surface area contributed by atoms with Crippen molar-refractivity contribution < 1.29 is 4.52 Å². The van der Waals surface area contributed by atoms with E-state index in [4.69, 9.17) is 4.52 Å². The van der Waals surface area contributed by atoms with Crippen LogP contribution in [0.2, 0.25) is 0 Å². The predicted octanol–water partition coefficient (Wildman–Crippen LogP) is 2.28. The summed E-state index contributed by atoms with van der Waals surface area (Å²) in [7, 11) is 2.08. The van der Waals surface area contributed by atoms with Crippen LogP contribution in [0.3, 0.4) is 0 Å². The molecule has 1 fully saturated rings. The van der Waals surface area contributed by atoms with Gasteiger partial charge in [-0.3, -0.25) is 4.90 Å². The number of hydrogen-bond donors (Lipinski definition) is 1. The van der Waals surface area contributed by atoms with Gasteiger partial charge in [-0.05, 0) is 19.2 Å². The smallest absolute Gasteiger partial charge is 0.276 e. The second kappa shape index (κ2) is 6.62. The number of aromatic nitrogens is 3. The maximum Gasteiger partial charge on any atom is 0.276 e. The van der Waals surface area contributed by atoms with Gasteiger partial charge in [0.2, 0.25) is 0 Å². The normalized spacial score (nSPS) is 18.7. The summed E-state index contributed by atoms with van der Waals surface area (Å²) in [4.78, 5) is 11.4. The van der Waals surface area contributed by atoms with E-state index in [0.29, 0.717) is 17.4 Å². The number of hydrogen-bond acceptors (Lipinski definition) is 6. The number of para-hydroxylation sites is 1. The predicted molar refractivity (Wildman–Crippen MR) is 90.5 cm³/mol. The molecule has 1 aromatic carbocycles. The van der Waals surface area contributed by atoms with E-state index < -0.39 is 0 Å². The highest BCUT2D eigenvalue weighted by Gasteiger charge is 2.25. The van der Waals surface area contributed by atoms with Gasteiger partial charge in [-0.2, -0.15) is 4.98 Å². The number of benzene rings is 1. The summed E-state index contributed by atoms with van der Waals surface area (Å²) in [5.74, 6) is 1.18. The number of fused-ring (bicyclic) bond motifs is 1. The molecule has 1 aliphatic rings. The molecule has 0 spiro atoms. The zero-order valence-corrected chi connectivity index (χ0v) is 13.6. The van der Waals surface area contributed by atoms with Gasteiger partial charge in [0.15, 0.2) is 5.82 Å². The SMILES string of the molecule is CN1CCNCC1c1noc(-c2ccc3ccccc3n2)n1.Cl. The summed E-state index contributed by atoms with van der Waals surface area (Å²) in [6, 6.07) is 12.1. The van der Waals surface area contributed by atoms with Crippen molar-refractivity contribution in [3.63, 3.8) is 0 Å². The summed E-state index contributed by atoms with van der Waals surface area (Å²) >= 11 is 0. The van der Waals surface area contributed by atoms with Gasteiger partial charge >= 0.3 is 0 Å². The lowest BCUT2D eigenvalue weighted by molar-refractivity contribution is 0.190. The topological polar surface area (TPSA) is 67.1 Å². The van der Waals surface area contributed by atoms with E-state index >= 15 is 0 Å². The van der Waals surface area contributed by atoms with E-state index in [-0.39, 0.29) is 18.4 Å². The molecule has 3 heterocycles. The zero-order chi connectivity index (χ0) is 14.9. The first-order valence-electron chi connectivity index (χ1n) is 7.42. The Morgan fingerprint density at radius 1 is 1.17 bits per heavy atom. The van der Waals surface area contributed by atoms with Crippen LogP contribution in [0.25, 0.3) is 22.5 Å². The Kier molecular flexibility index (Phi) is 4.56. The number of nitrogens with zero attached hydrogens (tertiary/aromatic N) is 4. The molecule has 3 aromatic rings. The Balaban J connectivity index is 0.00000156. The molecule has 0 aliphatic carbocycles. The van der Waals surface area contributed by atoms with Crippen LogP contribution in [-0.4, -0.2) is 46.7 Å². The van der Waals surface area contributed by atoms with Gasteiger partial charge < -0.3 is 9.84 Å². The van der Waals surface area contributed by atoms with Crippen LogP contribution >= 0.6 is 12.4 Å². The lowest BCUT2D eigenvalue weighted by Crippen LogP contribution is -2.44. The van der Waals surface area contributed by atoms with E-state index in [1.807, 2.05) is 36.4 Å². The van der Waals surface area contributed by atoms with Crippen LogP contribution in [0.1, 0.15) is 11.9 Å². The lowest BCUT2D eigenvalue weighted by Gasteiger charge is -2.30. The fourth-order valence-electron chi connectivity index (χ4n) is 2.75. The number of likely N-dealkylation sites (N-methyl/N-ethyl adjacent to an activating group) is 1. The summed E-state index contributed by atoms with van der Waals surface area (Å²) < 4.78 is 5.42. The summed E-state index contributed by atoms with van der Waals surface area (Å²) in [5.41, 5.74) is 1.64. The summed E-state index contributed by atoms with van der Waals surface area (Å²) in [5, 5.41) is 8.60. The molecule has 1 atom stereocenters. The van der Waals surface area contributed by atoms with Crippen LogP contribution in [0, 0.1) is 0 Å². The highest BCUT2D eigenvalue weighted by atomic mass is 35.5. The first-order chi connectivity index (χ1) is 10.8. The molecule has 120 valence electrons. The Hall–Kier alpha value is -2.02. The van der Waals surface area contributed by atoms with Crippen LogP contribution in [-0.2, 0) is 0 Å². The molecule has 0 radical (unpaired) electrons. The largest absolute Gasteiger partial charge is 0.332 e. The number of piperazine rings is 1. The quantitative estimate of drug-likeness (QED) is 0.777. The van der Waals surface area contributed by atoms with Crippen molar-refractivity contribution in [1.29, 1.82) is 0 Å². The van der Waals surface area contributed by atoms with Crippen LogP contribution < -0.4 is 5.32 Å². The molecular weight excluding hydrogens is 314 g/mol. The molecule has 1 unspecified atom stereocenters. The Bertz CT molecular complexity index is 806. The van der Waals surface area contributed by atoms with Gasteiger partial charge in [-0.1, -0.05) is 29.4 Å². The number of halogens is 1. The van der Waals surface area contributed by atoms with Crippen molar-refractivity contribution in [1.82, 2.24) is 25.3 Å². The molecule has 2 aromatic heterocycles. The molecule has 0 amide bonds. The maximum absolute atomic E-state index is 5.42. The molecule has 0 bridgehead atoms. The summed E-state index contributed by atoms with van der Waals surface area (Å²) in [6.45, 7) is 2.80. The minimum atomic E-state index is 0. The third-order valence-corrected chi connectivity index (χ3v) is 4.07. The zero-order valence-electron chi connectivity index (χ0n) is 12.8. The molecule has 23 heavy (non-hydrogen) atoms. The van der Waals surface area contributed by atoms with Gasteiger partial charge in [0.05, 0.1) is 11.6 Å². The second-order valence-electron chi connectivity index (χ2n) is 5.55. The number of nitrogens with one attached hydrogen (secondary N) is 1. The van der Waals surface area contributed by atoms with Crippen molar-refractivity contribution in [2.45, 2.75) is 6.04 Å². The van der Waals surface area contributed by atoms with Crippen molar-refractivity contribution in [2.24, 2.45) is 0 Å². The minimum absolute atomic E-state index is 0. The molecule has 6 nitrogen and oxygen atoms in total. The monoisotopic (exact) mass is 331 g/mol. The van der Waals surface area contributed by atoms with E-state index in [1.54, 1.807) is 0 Å². The fourth-order valence-corrected chi connectivity index (χ4v) is 2.75. The maximum atomic E-state index is 5.42. The minimum Gasteiger partial charge on any atom is -0.332 e. The number of pyridine rings is 1. The standard InChI is InChI=1S/C16H17N5O.ClH/c1-21-9-8-17-10-14(21)15-19-16(22-20-15)13-7-6-11-4-2-3-5-12(11)18-13;/h2-7,14,17H,8-10H2,1H3;1H.